The van der Waals surface area contributed by atoms with Gasteiger partial charge in [0, 0.05) is 36.0 Å². The fourth-order valence-electron chi connectivity index (χ4n) is 2.12. The maximum absolute atomic E-state index is 12.1. The summed E-state index contributed by atoms with van der Waals surface area (Å²) in [5, 5.41) is 2.51. The Hall–Kier alpha value is -1.83. The van der Waals surface area contributed by atoms with Gasteiger partial charge in [0.1, 0.15) is 10.6 Å². The minimum absolute atomic E-state index is 0.337. The number of hydrogen-bond acceptors (Lipinski definition) is 7. The maximum Gasteiger partial charge on any atom is 0.358 e. The lowest BCUT2D eigenvalue weighted by Crippen LogP contribution is -2.24. The smallest absolute Gasteiger partial charge is 0.358 e. The minimum atomic E-state index is -0.531. The quantitative estimate of drug-likeness (QED) is 0.573. The first-order valence-corrected chi connectivity index (χ1v) is 9.19. The summed E-state index contributed by atoms with van der Waals surface area (Å²) in [4.78, 5) is 20.9. The van der Waals surface area contributed by atoms with Gasteiger partial charge in [0.2, 0.25) is 0 Å². The molecule has 0 radical (unpaired) electrons. The zero-order valence-corrected chi connectivity index (χ0v) is 15.8. The highest BCUT2D eigenvalue weighted by Gasteiger charge is 2.20. The molecular formula is C18H25N3O3S. The van der Waals surface area contributed by atoms with Crippen molar-refractivity contribution in [3.8, 4) is 10.6 Å². The van der Waals surface area contributed by atoms with E-state index in [9.17, 15) is 4.79 Å². The molecule has 2 heterocycles. The lowest BCUT2D eigenvalue weighted by atomic mass is 10.1. The number of carbonyl (C=O) groups excluding carboxylic acids is 1. The van der Waals surface area contributed by atoms with Crippen LogP contribution in [-0.2, 0) is 15.9 Å². The molecule has 0 aromatic carbocycles. The summed E-state index contributed by atoms with van der Waals surface area (Å²) in [5.74, 6) is -0.402. The van der Waals surface area contributed by atoms with Gasteiger partial charge < -0.3 is 15.2 Å². The van der Waals surface area contributed by atoms with Crippen LogP contribution in [-0.4, -0.2) is 41.3 Å². The predicted molar refractivity (Wildman–Crippen MR) is 98.7 cm³/mol. The Bertz CT molecular complexity index is 695. The first-order chi connectivity index (χ1) is 11.9. The van der Waals surface area contributed by atoms with Crippen molar-refractivity contribution in [2.75, 3.05) is 19.8 Å². The van der Waals surface area contributed by atoms with Gasteiger partial charge in [-0.05, 0) is 45.7 Å². The highest BCUT2D eigenvalue weighted by Crippen LogP contribution is 2.25. The molecule has 0 fully saturated rings. The van der Waals surface area contributed by atoms with Crippen LogP contribution < -0.4 is 5.73 Å². The Balaban J connectivity index is 2.00. The average Bonchev–Trinajstić information content (AvgIpc) is 3.04. The number of thiazole rings is 1. The van der Waals surface area contributed by atoms with Crippen LogP contribution >= 0.6 is 11.3 Å². The molecule has 6 nitrogen and oxygen atoms in total. The summed E-state index contributed by atoms with van der Waals surface area (Å²) < 4.78 is 10.7. The number of esters is 1. The Morgan fingerprint density at radius 2 is 2.12 bits per heavy atom. The highest BCUT2D eigenvalue weighted by molar-refractivity contribution is 7.13. The molecule has 0 bridgehead atoms. The summed E-state index contributed by atoms with van der Waals surface area (Å²) in [6.07, 6.45) is 3.47. The van der Waals surface area contributed by atoms with E-state index in [1.165, 1.54) is 11.3 Å². The Morgan fingerprint density at radius 3 is 2.84 bits per heavy atom. The third kappa shape index (κ3) is 6.53. The van der Waals surface area contributed by atoms with Gasteiger partial charge in [-0.3, -0.25) is 4.98 Å². The standard InChI is InChI=1S/C18H25N3O3S/c1-18(2,3)24-17(22)15-12-25-16(21-15)13-6-8-20-14(11-13)5-4-9-23-10-7-19/h6,8,11-12H,4-5,7,9-10,19H2,1-3H3. The molecule has 0 saturated carbocycles. The molecule has 2 rings (SSSR count). The molecule has 136 valence electrons. The van der Waals surface area contributed by atoms with E-state index >= 15 is 0 Å². The number of rotatable bonds is 8. The van der Waals surface area contributed by atoms with Gasteiger partial charge >= 0.3 is 5.97 Å². The molecule has 0 aliphatic rings. The molecule has 7 heteroatoms. The molecule has 2 aromatic heterocycles. The topological polar surface area (TPSA) is 87.3 Å². The summed E-state index contributed by atoms with van der Waals surface area (Å²) in [5.41, 5.74) is 7.12. The first kappa shape index (κ1) is 19.5. The number of nitrogens with zero attached hydrogens (tertiary/aromatic N) is 2. The van der Waals surface area contributed by atoms with Crippen LogP contribution in [0.1, 0.15) is 43.4 Å². The highest BCUT2D eigenvalue weighted by atomic mass is 32.1. The molecule has 0 aliphatic carbocycles. The van der Waals surface area contributed by atoms with E-state index in [0.717, 1.165) is 29.1 Å². The van der Waals surface area contributed by atoms with Gasteiger partial charge in [-0.2, -0.15) is 0 Å². The lowest BCUT2D eigenvalue weighted by molar-refractivity contribution is 0.00638. The fourth-order valence-corrected chi connectivity index (χ4v) is 2.91. The number of pyridine rings is 1. The second-order valence-electron chi connectivity index (χ2n) is 6.58. The zero-order valence-electron chi connectivity index (χ0n) is 14.9. The number of aryl methyl sites for hydroxylation is 1. The monoisotopic (exact) mass is 363 g/mol. The van der Waals surface area contributed by atoms with Gasteiger partial charge in [0.15, 0.2) is 5.69 Å². The molecule has 0 aliphatic heterocycles. The van der Waals surface area contributed by atoms with Crippen molar-refractivity contribution >= 4 is 17.3 Å². The van der Waals surface area contributed by atoms with Gasteiger partial charge in [0.25, 0.3) is 0 Å². The molecule has 0 unspecified atom stereocenters. The zero-order chi connectivity index (χ0) is 18.3. The van der Waals surface area contributed by atoms with Crippen molar-refractivity contribution in [2.45, 2.75) is 39.2 Å². The Kier molecular flexibility index (Phi) is 7.04. The molecule has 0 spiro atoms. The van der Waals surface area contributed by atoms with Gasteiger partial charge in [-0.15, -0.1) is 11.3 Å². The van der Waals surface area contributed by atoms with Crippen LogP contribution in [0.25, 0.3) is 10.6 Å². The van der Waals surface area contributed by atoms with E-state index in [-0.39, 0.29) is 0 Å². The van der Waals surface area contributed by atoms with Crippen molar-refractivity contribution in [1.29, 1.82) is 0 Å². The predicted octanol–water partition coefficient (Wildman–Crippen LogP) is 3.07. The van der Waals surface area contributed by atoms with E-state index in [0.29, 0.717) is 25.5 Å². The summed E-state index contributed by atoms with van der Waals surface area (Å²) in [6, 6.07) is 3.90. The van der Waals surface area contributed by atoms with Gasteiger partial charge in [-0.1, -0.05) is 0 Å². The van der Waals surface area contributed by atoms with Crippen molar-refractivity contribution in [3.05, 3.63) is 35.1 Å². The maximum atomic E-state index is 12.1. The number of ether oxygens (including phenoxy) is 2. The number of carbonyl (C=O) groups is 1. The third-order valence-electron chi connectivity index (χ3n) is 3.16. The van der Waals surface area contributed by atoms with E-state index in [4.69, 9.17) is 15.2 Å². The van der Waals surface area contributed by atoms with Crippen LogP contribution in [0.2, 0.25) is 0 Å². The fraction of sp³-hybridized carbons (Fsp3) is 0.500. The van der Waals surface area contributed by atoms with Crippen molar-refractivity contribution in [1.82, 2.24) is 9.97 Å². The van der Waals surface area contributed by atoms with Crippen LogP contribution in [0.15, 0.2) is 23.7 Å². The van der Waals surface area contributed by atoms with Gasteiger partial charge in [0.05, 0.1) is 6.61 Å². The molecule has 0 amide bonds. The Morgan fingerprint density at radius 1 is 1.32 bits per heavy atom. The summed E-state index contributed by atoms with van der Waals surface area (Å²) in [6.45, 7) is 7.31. The van der Waals surface area contributed by atoms with Crippen molar-refractivity contribution in [3.63, 3.8) is 0 Å². The number of aromatic nitrogens is 2. The van der Waals surface area contributed by atoms with Crippen LogP contribution in [0.3, 0.4) is 0 Å². The minimum Gasteiger partial charge on any atom is -0.455 e. The second-order valence-corrected chi connectivity index (χ2v) is 7.44. The molecule has 2 N–H and O–H groups in total. The molecule has 25 heavy (non-hydrogen) atoms. The van der Waals surface area contributed by atoms with E-state index < -0.39 is 11.6 Å². The van der Waals surface area contributed by atoms with E-state index in [2.05, 4.69) is 9.97 Å². The van der Waals surface area contributed by atoms with Gasteiger partial charge in [-0.25, -0.2) is 9.78 Å². The summed E-state index contributed by atoms with van der Waals surface area (Å²) >= 11 is 1.42. The third-order valence-corrected chi connectivity index (χ3v) is 4.05. The van der Waals surface area contributed by atoms with Crippen LogP contribution in [0, 0.1) is 0 Å². The van der Waals surface area contributed by atoms with Crippen molar-refractivity contribution in [2.24, 2.45) is 5.73 Å². The molecular weight excluding hydrogens is 338 g/mol. The molecule has 0 atom stereocenters. The second kappa shape index (κ2) is 9.03. The van der Waals surface area contributed by atoms with Crippen LogP contribution in [0.5, 0.6) is 0 Å². The Labute approximate surface area is 152 Å². The van der Waals surface area contributed by atoms with Crippen LogP contribution in [0.4, 0.5) is 0 Å². The average molecular weight is 363 g/mol. The SMILES string of the molecule is CC(C)(C)OC(=O)c1csc(-c2ccnc(CCCOCCN)c2)n1. The van der Waals surface area contributed by atoms with E-state index in [1.807, 2.05) is 32.9 Å². The van der Waals surface area contributed by atoms with E-state index in [1.54, 1.807) is 11.6 Å². The number of hydrogen-bond donors (Lipinski definition) is 1. The summed E-state index contributed by atoms with van der Waals surface area (Å²) in [7, 11) is 0. The molecule has 2 aromatic rings. The molecule has 0 saturated heterocycles. The van der Waals surface area contributed by atoms with Crippen molar-refractivity contribution < 1.29 is 14.3 Å². The lowest BCUT2D eigenvalue weighted by Gasteiger charge is -2.18. The number of nitrogens with two attached hydrogens (primary N) is 1. The normalized spacial score (nSPS) is 11.5. The first-order valence-electron chi connectivity index (χ1n) is 8.31. The largest absolute Gasteiger partial charge is 0.455 e.